The van der Waals surface area contributed by atoms with Gasteiger partial charge in [0, 0.05) is 4.90 Å². The number of hydrogen-bond acceptors (Lipinski definition) is 2. The summed E-state index contributed by atoms with van der Waals surface area (Å²) >= 11 is 1.31. The van der Waals surface area contributed by atoms with Crippen LogP contribution in [0.4, 0.5) is 0 Å². The van der Waals surface area contributed by atoms with Crippen molar-refractivity contribution >= 4 is 16.9 Å². The molecule has 0 heterocycles. The second-order valence-corrected chi connectivity index (χ2v) is 4.94. The van der Waals surface area contributed by atoms with Gasteiger partial charge >= 0.3 is 0 Å². The van der Waals surface area contributed by atoms with Crippen molar-refractivity contribution in [3.05, 3.63) is 66.2 Å². The van der Waals surface area contributed by atoms with E-state index in [4.69, 9.17) is 0 Å². The first-order chi connectivity index (χ1) is 8.27. The number of benzene rings is 2. The minimum atomic E-state index is -0.0681. The molecule has 2 rings (SSSR count). The number of thioether (sulfide) groups is 1. The Morgan fingerprint density at radius 3 is 2.06 bits per heavy atom. The fourth-order valence-electron chi connectivity index (χ4n) is 1.57. The summed E-state index contributed by atoms with van der Waals surface area (Å²) in [5.74, 6) is -0.0681. The third kappa shape index (κ3) is 3.21. The summed E-state index contributed by atoms with van der Waals surface area (Å²) in [6, 6.07) is 19.6. The van der Waals surface area contributed by atoms with Crippen molar-refractivity contribution in [1.82, 2.24) is 0 Å². The largest absolute Gasteiger partial charge is 0.286 e. The van der Waals surface area contributed by atoms with Crippen LogP contribution in [0.2, 0.25) is 0 Å². The van der Waals surface area contributed by atoms with Gasteiger partial charge in [0.2, 0.25) is 5.12 Å². The van der Waals surface area contributed by atoms with E-state index in [9.17, 15) is 4.79 Å². The van der Waals surface area contributed by atoms with E-state index >= 15 is 0 Å². The van der Waals surface area contributed by atoms with Gasteiger partial charge in [-0.05, 0) is 17.7 Å². The minimum absolute atomic E-state index is 0.0681. The highest BCUT2D eigenvalue weighted by Crippen LogP contribution is 2.27. The van der Waals surface area contributed by atoms with E-state index in [0.29, 0.717) is 0 Å². The van der Waals surface area contributed by atoms with Gasteiger partial charge in [0.1, 0.15) is 0 Å². The van der Waals surface area contributed by atoms with Gasteiger partial charge in [-0.1, -0.05) is 67.2 Å². The smallest absolute Gasteiger partial charge is 0.200 e. The van der Waals surface area contributed by atoms with Crippen LogP contribution in [0.1, 0.15) is 18.4 Å². The van der Waals surface area contributed by atoms with Gasteiger partial charge in [-0.15, -0.1) is 0 Å². The predicted octanol–water partition coefficient (Wildman–Crippen LogP) is 4.11. The lowest BCUT2D eigenvalue weighted by atomic mass is 10.0. The molecule has 1 nitrogen and oxygen atoms in total. The van der Waals surface area contributed by atoms with Crippen LogP contribution in [-0.4, -0.2) is 5.12 Å². The van der Waals surface area contributed by atoms with Crippen LogP contribution >= 0.6 is 11.8 Å². The van der Waals surface area contributed by atoms with Gasteiger partial charge in [-0.25, -0.2) is 0 Å². The standard InChI is InChI=1S/C15H14OS/c1-12(13-8-4-2-5-9-13)15(16)17-14-10-6-3-7-11-14/h2-12H,1H3/t12-/m1/s1. The maximum atomic E-state index is 12.1. The van der Waals surface area contributed by atoms with Crippen LogP contribution in [-0.2, 0) is 4.79 Å². The number of rotatable bonds is 3. The van der Waals surface area contributed by atoms with Crippen LogP contribution in [0, 0.1) is 0 Å². The van der Waals surface area contributed by atoms with E-state index in [0.717, 1.165) is 10.5 Å². The molecular formula is C15H14OS. The molecule has 2 heteroatoms. The summed E-state index contributed by atoms with van der Waals surface area (Å²) in [7, 11) is 0. The molecular weight excluding hydrogens is 228 g/mol. The molecule has 2 aromatic carbocycles. The van der Waals surface area contributed by atoms with Crippen molar-refractivity contribution in [2.24, 2.45) is 0 Å². The summed E-state index contributed by atoms with van der Waals surface area (Å²) in [5.41, 5.74) is 1.07. The second-order valence-electron chi connectivity index (χ2n) is 3.87. The maximum absolute atomic E-state index is 12.1. The Bertz CT molecular complexity index is 479. The molecule has 0 radical (unpaired) electrons. The zero-order valence-electron chi connectivity index (χ0n) is 9.67. The third-order valence-corrected chi connectivity index (χ3v) is 3.68. The highest BCUT2D eigenvalue weighted by Gasteiger charge is 2.15. The molecule has 0 unspecified atom stereocenters. The molecule has 17 heavy (non-hydrogen) atoms. The van der Waals surface area contributed by atoms with Crippen molar-refractivity contribution in [2.45, 2.75) is 17.7 Å². The van der Waals surface area contributed by atoms with E-state index in [2.05, 4.69) is 0 Å². The van der Waals surface area contributed by atoms with Crippen molar-refractivity contribution < 1.29 is 4.79 Å². The second kappa shape index (κ2) is 5.69. The number of carbonyl (C=O) groups excluding carboxylic acids is 1. The lowest BCUT2D eigenvalue weighted by Crippen LogP contribution is -2.04. The van der Waals surface area contributed by atoms with Gasteiger partial charge in [0.25, 0.3) is 0 Å². The number of hydrogen-bond donors (Lipinski definition) is 0. The maximum Gasteiger partial charge on any atom is 0.200 e. The van der Waals surface area contributed by atoms with Crippen LogP contribution in [0.5, 0.6) is 0 Å². The molecule has 2 aromatic rings. The zero-order chi connectivity index (χ0) is 12.1. The first kappa shape index (κ1) is 11.9. The SMILES string of the molecule is C[C@@H](C(=O)Sc1ccccc1)c1ccccc1. The third-order valence-electron chi connectivity index (χ3n) is 2.61. The van der Waals surface area contributed by atoms with Crippen LogP contribution in [0.15, 0.2) is 65.6 Å². The average molecular weight is 242 g/mol. The van der Waals surface area contributed by atoms with Gasteiger partial charge in [0.05, 0.1) is 5.92 Å². The van der Waals surface area contributed by atoms with E-state index in [1.807, 2.05) is 67.6 Å². The van der Waals surface area contributed by atoms with Crippen LogP contribution < -0.4 is 0 Å². The van der Waals surface area contributed by atoms with Crippen LogP contribution in [0.3, 0.4) is 0 Å². The molecule has 0 aliphatic rings. The highest BCUT2D eigenvalue weighted by molar-refractivity contribution is 8.13. The summed E-state index contributed by atoms with van der Waals surface area (Å²) < 4.78 is 0. The topological polar surface area (TPSA) is 17.1 Å². The Morgan fingerprint density at radius 2 is 1.47 bits per heavy atom. The zero-order valence-corrected chi connectivity index (χ0v) is 10.5. The van der Waals surface area contributed by atoms with E-state index < -0.39 is 0 Å². The summed E-state index contributed by atoms with van der Waals surface area (Å²) in [6.07, 6.45) is 0. The molecule has 86 valence electrons. The van der Waals surface area contributed by atoms with Crippen LogP contribution in [0.25, 0.3) is 0 Å². The van der Waals surface area contributed by atoms with Crippen molar-refractivity contribution in [3.63, 3.8) is 0 Å². The van der Waals surface area contributed by atoms with Crippen molar-refractivity contribution in [2.75, 3.05) is 0 Å². The molecule has 0 fully saturated rings. The number of carbonyl (C=O) groups is 1. The van der Waals surface area contributed by atoms with Gasteiger partial charge < -0.3 is 0 Å². The Kier molecular flexibility index (Phi) is 3.99. The Morgan fingerprint density at radius 1 is 0.941 bits per heavy atom. The minimum Gasteiger partial charge on any atom is -0.286 e. The van der Waals surface area contributed by atoms with E-state index in [-0.39, 0.29) is 11.0 Å². The lowest BCUT2D eigenvalue weighted by molar-refractivity contribution is -0.111. The Balaban J connectivity index is 2.06. The first-order valence-corrected chi connectivity index (χ1v) is 6.40. The molecule has 0 amide bonds. The molecule has 0 aromatic heterocycles. The fraction of sp³-hybridized carbons (Fsp3) is 0.133. The first-order valence-electron chi connectivity index (χ1n) is 5.59. The summed E-state index contributed by atoms with van der Waals surface area (Å²) in [5, 5.41) is 0.183. The predicted molar refractivity (Wildman–Crippen MR) is 72.2 cm³/mol. The Hall–Kier alpha value is -1.54. The molecule has 0 N–H and O–H groups in total. The molecule has 0 saturated heterocycles. The van der Waals surface area contributed by atoms with Gasteiger partial charge in [-0.2, -0.15) is 0 Å². The van der Waals surface area contributed by atoms with E-state index in [1.54, 1.807) is 0 Å². The normalized spacial score (nSPS) is 12.1. The molecule has 0 aliphatic heterocycles. The lowest BCUT2D eigenvalue weighted by Gasteiger charge is -2.09. The molecule has 1 atom stereocenters. The summed E-state index contributed by atoms with van der Waals surface area (Å²) in [4.78, 5) is 13.1. The molecule has 0 spiro atoms. The van der Waals surface area contributed by atoms with Gasteiger partial charge in [0.15, 0.2) is 0 Å². The van der Waals surface area contributed by atoms with Crippen molar-refractivity contribution in [1.29, 1.82) is 0 Å². The summed E-state index contributed by atoms with van der Waals surface area (Å²) in [6.45, 7) is 1.95. The highest BCUT2D eigenvalue weighted by atomic mass is 32.2. The van der Waals surface area contributed by atoms with Gasteiger partial charge in [-0.3, -0.25) is 4.79 Å². The van der Waals surface area contributed by atoms with Crippen molar-refractivity contribution in [3.8, 4) is 0 Å². The Labute approximate surface area is 106 Å². The van der Waals surface area contributed by atoms with E-state index in [1.165, 1.54) is 11.8 Å². The molecule has 0 saturated carbocycles. The quantitative estimate of drug-likeness (QED) is 0.753. The molecule has 0 aliphatic carbocycles. The fourth-order valence-corrected chi connectivity index (χ4v) is 2.41. The average Bonchev–Trinajstić information content (AvgIpc) is 2.40. The monoisotopic (exact) mass is 242 g/mol. The molecule has 0 bridgehead atoms.